The first-order valence-electron chi connectivity index (χ1n) is 6.32. The number of thioether (sulfide) groups is 1. The molecule has 0 spiro atoms. The van der Waals surface area contributed by atoms with E-state index >= 15 is 0 Å². The fraction of sp³-hybridized carbons (Fsp3) is 0.500. The normalized spacial score (nSPS) is 10.3. The van der Waals surface area contributed by atoms with E-state index in [2.05, 4.69) is 11.6 Å². The summed E-state index contributed by atoms with van der Waals surface area (Å²) in [7, 11) is 0. The Morgan fingerprint density at radius 1 is 1.39 bits per heavy atom. The van der Waals surface area contributed by atoms with Crippen molar-refractivity contribution in [2.75, 3.05) is 24.3 Å². The van der Waals surface area contributed by atoms with Gasteiger partial charge in [-0.2, -0.15) is 11.8 Å². The van der Waals surface area contributed by atoms with Crippen LogP contribution in [0.5, 0.6) is 0 Å². The fourth-order valence-corrected chi connectivity index (χ4v) is 2.19. The molecule has 1 rings (SSSR count). The number of carbonyl (C=O) groups excluding carboxylic acids is 1. The first-order valence-corrected chi connectivity index (χ1v) is 7.72. The quantitative estimate of drug-likeness (QED) is 0.561. The summed E-state index contributed by atoms with van der Waals surface area (Å²) >= 11 is 1.84. The van der Waals surface area contributed by atoms with Gasteiger partial charge in [-0.05, 0) is 49.0 Å². The van der Waals surface area contributed by atoms with Crippen LogP contribution in [0.1, 0.15) is 24.8 Å². The highest BCUT2D eigenvalue weighted by Gasteiger charge is 2.01. The van der Waals surface area contributed by atoms with E-state index in [0.717, 1.165) is 37.1 Å². The van der Waals surface area contributed by atoms with Crippen molar-refractivity contribution in [1.29, 1.82) is 0 Å². The minimum Gasteiger partial charge on any atom is -0.399 e. The summed E-state index contributed by atoms with van der Waals surface area (Å²) in [6.07, 6.45) is 5.61. The monoisotopic (exact) mass is 266 g/mol. The molecule has 0 unspecified atom stereocenters. The maximum atomic E-state index is 11.6. The van der Waals surface area contributed by atoms with Crippen LogP contribution >= 0.6 is 11.8 Å². The van der Waals surface area contributed by atoms with Crippen molar-refractivity contribution in [3.05, 3.63) is 29.8 Å². The number of anilines is 1. The number of hydrogen-bond donors (Lipinski definition) is 2. The summed E-state index contributed by atoms with van der Waals surface area (Å²) in [6.45, 7) is 0.788. The summed E-state index contributed by atoms with van der Waals surface area (Å²) in [5, 5.41) is 2.95. The molecule has 0 heterocycles. The third-order valence-corrected chi connectivity index (χ3v) is 3.39. The van der Waals surface area contributed by atoms with Gasteiger partial charge < -0.3 is 11.1 Å². The van der Waals surface area contributed by atoms with Gasteiger partial charge in [-0.3, -0.25) is 4.79 Å². The molecule has 0 atom stereocenters. The van der Waals surface area contributed by atoms with Gasteiger partial charge in [0, 0.05) is 18.7 Å². The summed E-state index contributed by atoms with van der Waals surface area (Å²) < 4.78 is 0. The standard InChI is InChI=1S/C14H22N2OS/c1-18-10-3-2-9-16-14(17)8-7-12-5-4-6-13(15)11-12/h4-6,11H,2-3,7-10,15H2,1H3,(H,16,17). The minimum absolute atomic E-state index is 0.126. The van der Waals surface area contributed by atoms with Gasteiger partial charge in [-0.15, -0.1) is 0 Å². The number of hydrogen-bond acceptors (Lipinski definition) is 3. The lowest BCUT2D eigenvalue weighted by Crippen LogP contribution is -2.24. The highest BCUT2D eigenvalue weighted by atomic mass is 32.2. The molecule has 4 heteroatoms. The summed E-state index contributed by atoms with van der Waals surface area (Å²) in [4.78, 5) is 11.6. The molecule has 0 saturated heterocycles. The maximum Gasteiger partial charge on any atom is 0.220 e. The van der Waals surface area contributed by atoms with E-state index < -0.39 is 0 Å². The predicted octanol–water partition coefficient (Wildman–Crippen LogP) is 2.46. The molecule has 0 aliphatic rings. The maximum absolute atomic E-state index is 11.6. The third kappa shape index (κ3) is 6.55. The number of nitrogens with two attached hydrogens (primary N) is 1. The zero-order valence-electron chi connectivity index (χ0n) is 10.9. The Morgan fingerprint density at radius 3 is 2.94 bits per heavy atom. The smallest absolute Gasteiger partial charge is 0.220 e. The van der Waals surface area contributed by atoms with E-state index in [1.54, 1.807) is 0 Å². The second kappa shape index (κ2) is 8.86. The highest BCUT2D eigenvalue weighted by molar-refractivity contribution is 7.98. The Morgan fingerprint density at radius 2 is 2.22 bits per heavy atom. The molecular formula is C14H22N2OS. The molecule has 3 N–H and O–H groups in total. The van der Waals surface area contributed by atoms with E-state index in [9.17, 15) is 4.79 Å². The van der Waals surface area contributed by atoms with Crippen molar-refractivity contribution in [3.63, 3.8) is 0 Å². The molecule has 0 saturated carbocycles. The number of carbonyl (C=O) groups is 1. The lowest BCUT2D eigenvalue weighted by Gasteiger charge is -2.05. The van der Waals surface area contributed by atoms with E-state index in [-0.39, 0.29) is 5.91 Å². The topological polar surface area (TPSA) is 55.1 Å². The Bertz CT molecular complexity index is 369. The van der Waals surface area contributed by atoms with Gasteiger partial charge in [-0.1, -0.05) is 12.1 Å². The van der Waals surface area contributed by atoms with Crippen molar-refractivity contribution in [2.24, 2.45) is 0 Å². The van der Waals surface area contributed by atoms with Crippen LogP contribution in [-0.4, -0.2) is 24.5 Å². The SMILES string of the molecule is CSCCCCNC(=O)CCc1cccc(N)c1. The molecule has 0 aromatic heterocycles. The Balaban J connectivity index is 2.13. The zero-order valence-corrected chi connectivity index (χ0v) is 11.8. The second-order valence-corrected chi connectivity index (χ2v) is 5.28. The molecule has 0 bridgehead atoms. The minimum atomic E-state index is 0.126. The van der Waals surface area contributed by atoms with E-state index in [0.29, 0.717) is 6.42 Å². The average Bonchev–Trinajstić information content (AvgIpc) is 2.36. The van der Waals surface area contributed by atoms with Crippen molar-refractivity contribution in [2.45, 2.75) is 25.7 Å². The molecule has 3 nitrogen and oxygen atoms in total. The van der Waals surface area contributed by atoms with Crippen molar-refractivity contribution in [1.82, 2.24) is 5.32 Å². The number of unbranched alkanes of at least 4 members (excludes halogenated alkanes) is 1. The van der Waals surface area contributed by atoms with Crippen LogP contribution < -0.4 is 11.1 Å². The molecule has 100 valence electrons. The van der Waals surface area contributed by atoms with Gasteiger partial charge in [0.25, 0.3) is 0 Å². The van der Waals surface area contributed by atoms with E-state index in [1.807, 2.05) is 36.0 Å². The average molecular weight is 266 g/mol. The van der Waals surface area contributed by atoms with Crippen LogP contribution in [-0.2, 0) is 11.2 Å². The molecular weight excluding hydrogens is 244 g/mol. The zero-order chi connectivity index (χ0) is 13.2. The van der Waals surface area contributed by atoms with Gasteiger partial charge in [0.15, 0.2) is 0 Å². The number of aryl methyl sites for hydroxylation is 1. The fourth-order valence-electron chi connectivity index (χ4n) is 1.69. The molecule has 0 fully saturated rings. The first kappa shape index (κ1) is 14.9. The molecule has 1 aromatic carbocycles. The molecule has 1 aromatic rings. The Hall–Kier alpha value is -1.16. The highest BCUT2D eigenvalue weighted by Crippen LogP contribution is 2.08. The Labute approximate surface area is 114 Å². The van der Waals surface area contributed by atoms with E-state index in [1.165, 1.54) is 5.75 Å². The number of rotatable bonds is 8. The van der Waals surface area contributed by atoms with Gasteiger partial charge in [-0.25, -0.2) is 0 Å². The number of nitrogens with one attached hydrogen (secondary N) is 1. The Kier molecular flexibility index (Phi) is 7.34. The summed E-state index contributed by atoms with van der Waals surface area (Å²) in [5.74, 6) is 1.29. The van der Waals surface area contributed by atoms with Gasteiger partial charge >= 0.3 is 0 Å². The van der Waals surface area contributed by atoms with Crippen molar-refractivity contribution < 1.29 is 4.79 Å². The van der Waals surface area contributed by atoms with Crippen LogP contribution in [0.15, 0.2) is 24.3 Å². The second-order valence-electron chi connectivity index (χ2n) is 4.29. The summed E-state index contributed by atoms with van der Waals surface area (Å²) in [5.41, 5.74) is 7.56. The van der Waals surface area contributed by atoms with Crippen LogP contribution in [0.2, 0.25) is 0 Å². The summed E-state index contributed by atoms with van der Waals surface area (Å²) in [6, 6.07) is 7.70. The van der Waals surface area contributed by atoms with Crippen LogP contribution in [0.4, 0.5) is 5.69 Å². The number of benzene rings is 1. The van der Waals surface area contributed by atoms with Crippen molar-refractivity contribution >= 4 is 23.4 Å². The lowest BCUT2D eigenvalue weighted by molar-refractivity contribution is -0.121. The first-order chi connectivity index (χ1) is 8.72. The van der Waals surface area contributed by atoms with Crippen LogP contribution in [0.25, 0.3) is 0 Å². The molecule has 0 aliphatic heterocycles. The van der Waals surface area contributed by atoms with Crippen LogP contribution in [0.3, 0.4) is 0 Å². The molecule has 1 amide bonds. The predicted molar refractivity (Wildman–Crippen MR) is 79.8 cm³/mol. The van der Waals surface area contributed by atoms with Gasteiger partial charge in [0.05, 0.1) is 0 Å². The molecule has 0 aliphatic carbocycles. The lowest BCUT2D eigenvalue weighted by atomic mass is 10.1. The van der Waals surface area contributed by atoms with E-state index in [4.69, 9.17) is 5.73 Å². The number of amides is 1. The van der Waals surface area contributed by atoms with Crippen LogP contribution in [0, 0.1) is 0 Å². The largest absolute Gasteiger partial charge is 0.399 e. The number of nitrogen functional groups attached to an aromatic ring is 1. The molecule has 18 heavy (non-hydrogen) atoms. The molecule has 0 radical (unpaired) electrons. The third-order valence-electron chi connectivity index (χ3n) is 2.69. The van der Waals surface area contributed by atoms with Crippen molar-refractivity contribution in [3.8, 4) is 0 Å². The van der Waals surface area contributed by atoms with Gasteiger partial charge in [0.1, 0.15) is 0 Å². The van der Waals surface area contributed by atoms with Gasteiger partial charge in [0.2, 0.25) is 5.91 Å².